The minimum Gasteiger partial charge on any atom is -0.356 e. The third-order valence-electron chi connectivity index (χ3n) is 3.94. The lowest BCUT2D eigenvalue weighted by atomic mass is 9.81. The lowest BCUT2D eigenvalue weighted by molar-refractivity contribution is -0.122. The van der Waals surface area contributed by atoms with Crippen LogP contribution in [0.3, 0.4) is 0 Å². The minimum atomic E-state index is -0.198. The second-order valence-corrected chi connectivity index (χ2v) is 7.79. The molecule has 2 aromatic rings. The highest BCUT2D eigenvalue weighted by Gasteiger charge is 2.24. The van der Waals surface area contributed by atoms with Crippen molar-refractivity contribution in [2.24, 2.45) is 0 Å². The summed E-state index contributed by atoms with van der Waals surface area (Å²) in [6.45, 7) is 10.7. The Morgan fingerprint density at radius 2 is 1.79 bits per heavy atom. The molecule has 0 saturated heterocycles. The second-order valence-electron chi connectivity index (χ2n) is 7.79. The molecule has 0 atom stereocenters. The molecule has 24 heavy (non-hydrogen) atoms. The number of carbonyl (C=O) groups excluding carboxylic acids is 1. The Kier molecular flexibility index (Phi) is 5.42. The van der Waals surface area contributed by atoms with E-state index >= 15 is 0 Å². The fourth-order valence-corrected chi connectivity index (χ4v) is 2.43. The maximum Gasteiger partial charge on any atom is 0.232 e. The van der Waals surface area contributed by atoms with Crippen LogP contribution in [0, 0.1) is 0 Å². The summed E-state index contributed by atoms with van der Waals surface area (Å²) in [5, 5.41) is 6.91. The monoisotopic (exact) mass is 329 g/mol. The zero-order valence-corrected chi connectivity index (χ0v) is 15.2. The molecule has 1 aromatic carbocycles. The summed E-state index contributed by atoms with van der Waals surface area (Å²) in [4.78, 5) is 16.6. The van der Waals surface area contributed by atoms with Crippen molar-refractivity contribution >= 4 is 5.91 Å². The van der Waals surface area contributed by atoms with E-state index in [-0.39, 0.29) is 16.7 Å². The predicted octanol–water partition coefficient (Wildman–Crippen LogP) is 3.39. The van der Waals surface area contributed by atoms with Crippen molar-refractivity contribution < 1.29 is 9.32 Å². The van der Waals surface area contributed by atoms with Gasteiger partial charge >= 0.3 is 0 Å². The van der Waals surface area contributed by atoms with Crippen molar-refractivity contribution in [3.05, 3.63) is 47.6 Å². The van der Waals surface area contributed by atoms with Gasteiger partial charge in [-0.1, -0.05) is 70.1 Å². The molecule has 1 amide bonds. The number of nitrogens with one attached hydrogen (secondary N) is 1. The molecule has 0 fully saturated rings. The van der Waals surface area contributed by atoms with Crippen LogP contribution >= 0.6 is 0 Å². The van der Waals surface area contributed by atoms with Gasteiger partial charge in [-0.3, -0.25) is 4.79 Å². The first-order valence-corrected chi connectivity index (χ1v) is 8.34. The first-order valence-electron chi connectivity index (χ1n) is 8.34. The van der Waals surface area contributed by atoms with Crippen LogP contribution in [0.25, 0.3) is 0 Å². The summed E-state index contributed by atoms with van der Waals surface area (Å²) >= 11 is 0. The van der Waals surface area contributed by atoms with Crippen LogP contribution in [0.2, 0.25) is 0 Å². The molecule has 0 bridgehead atoms. The predicted molar refractivity (Wildman–Crippen MR) is 93.8 cm³/mol. The van der Waals surface area contributed by atoms with Crippen LogP contribution in [0.1, 0.15) is 58.3 Å². The smallest absolute Gasteiger partial charge is 0.232 e. The first kappa shape index (κ1) is 18.2. The van der Waals surface area contributed by atoms with E-state index in [1.165, 1.54) is 0 Å². The van der Waals surface area contributed by atoms with Crippen molar-refractivity contribution in [1.82, 2.24) is 15.5 Å². The Labute approximate surface area is 143 Å². The fraction of sp³-hybridized carbons (Fsp3) is 0.526. The van der Waals surface area contributed by atoms with Gasteiger partial charge in [0.1, 0.15) is 0 Å². The molecule has 5 nitrogen and oxygen atoms in total. The van der Waals surface area contributed by atoms with E-state index in [0.29, 0.717) is 31.1 Å². The van der Waals surface area contributed by atoms with Gasteiger partial charge < -0.3 is 9.84 Å². The topological polar surface area (TPSA) is 68.0 Å². The average Bonchev–Trinajstić information content (AvgIpc) is 2.97. The summed E-state index contributed by atoms with van der Waals surface area (Å²) < 4.78 is 5.25. The molecular weight excluding hydrogens is 302 g/mol. The van der Waals surface area contributed by atoms with Crippen molar-refractivity contribution in [2.45, 2.75) is 58.3 Å². The quantitative estimate of drug-likeness (QED) is 0.882. The third kappa shape index (κ3) is 4.91. The van der Waals surface area contributed by atoms with Gasteiger partial charge in [-0.2, -0.15) is 4.98 Å². The van der Waals surface area contributed by atoms with Crippen LogP contribution in [-0.2, 0) is 22.0 Å². The Hall–Kier alpha value is -2.17. The number of benzene rings is 1. The van der Waals surface area contributed by atoms with Crippen LogP contribution in [0.4, 0.5) is 0 Å². The Balaban J connectivity index is 1.82. The zero-order chi connectivity index (χ0) is 17.8. The molecule has 0 unspecified atom stereocenters. The van der Waals surface area contributed by atoms with Crippen LogP contribution in [0.15, 0.2) is 34.9 Å². The van der Waals surface area contributed by atoms with E-state index in [0.717, 1.165) is 5.56 Å². The van der Waals surface area contributed by atoms with Crippen LogP contribution < -0.4 is 5.32 Å². The molecule has 0 saturated carbocycles. The van der Waals surface area contributed by atoms with Gasteiger partial charge in [0, 0.05) is 24.8 Å². The summed E-state index contributed by atoms with van der Waals surface area (Å²) in [5.41, 5.74) is 0.804. The molecule has 1 N–H and O–H groups in total. The number of hydrogen-bond donors (Lipinski definition) is 1. The Bertz CT molecular complexity index is 669. The molecule has 0 aliphatic heterocycles. The van der Waals surface area contributed by atoms with Gasteiger partial charge in [0.25, 0.3) is 0 Å². The highest BCUT2D eigenvalue weighted by atomic mass is 16.5. The van der Waals surface area contributed by atoms with Gasteiger partial charge in [0.2, 0.25) is 11.8 Å². The van der Waals surface area contributed by atoms with E-state index in [1.54, 1.807) is 0 Å². The molecule has 0 spiro atoms. The van der Waals surface area contributed by atoms with Gasteiger partial charge in [-0.15, -0.1) is 0 Å². The number of amides is 1. The molecule has 0 aliphatic carbocycles. The van der Waals surface area contributed by atoms with Crippen molar-refractivity contribution in [1.29, 1.82) is 0 Å². The average molecular weight is 329 g/mol. The maximum atomic E-state index is 12.2. The van der Waals surface area contributed by atoms with Crippen molar-refractivity contribution in [2.75, 3.05) is 6.54 Å². The molecule has 1 heterocycles. The molecule has 2 rings (SSSR count). The number of hydrogen-bond acceptors (Lipinski definition) is 4. The fourth-order valence-electron chi connectivity index (χ4n) is 2.43. The summed E-state index contributed by atoms with van der Waals surface area (Å²) in [7, 11) is 0. The van der Waals surface area contributed by atoms with E-state index in [1.807, 2.05) is 39.0 Å². The SMILES string of the molecule is CC(C)(C)c1nc(CCNC(=O)CC(C)(C)c2ccccc2)no1. The Morgan fingerprint density at radius 1 is 1.12 bits per heavy atom. The molecule has 0 radical (unpaired) electrons. The summed E-state index contributed by atoms with van der Waals surface area (Å²) in [5.74, 6) is 1.28. The second kappa shape index (κ2) is 7.16. The highest BCUT2D eigenvalue weighted by molar-refractivity contribution is 5.77. The maximum absolute atomic E-state index is 12.2. The normalized spacial score (nSPS) is 12.2. The molecule has 0 aliphatic rings. The third-order valence-corrected chi connectivity index (χ3v) is 3.94. The number of rotatable bonds is 6. The minimum absolute atomic E-state index is 0.0309. The van der Waals surface area contributed by atoms with Crippen molar-refractivity contribution in [3.8, 4) is 0 Å². The number of nitrogens with zero attached hydrogens (tertiary/aromatic N) is 2. The summed E-state index contributed by atoms with van der Waals surface area (Å²) in [6, 6.07) is 10.1. The van der Waals surface area contributed by atoms with E-state index in [9.17, 15) is 4.79 Å². The molecule has 1 aromatic heterocycles. The lowest BCUT2D eigenvalue weighted by Gasteiger charge is -2.24. The van der Waals surface area contributed by atoms with E-state index < -0.39 is 0 Å². The zero-order valence-electron chi connectivity index (χ0n) is 15.2. The lowest BCUT2D eigenvalue weighted by Crippen LogP contribution is -2.32. The van der Waals surface area contributed by atoms with E-state index in [2.05, 4.69) is 41.4 Å². The van der Waals surface area contributed by atoms with Gasteiger partial charge in [-0.25, -0.2) is 0 Å². The molecule has 130 valence electrons. The van der Waals surface area contributed by atoms with Crippen LogP contribution in [0.5, 0.6) is 0 Å². The standard InChI is InChI=1S/C19H27N3O2/c1-18(2,3)17-21-15(22-24-17)11-12-20-16(23)13-19(4,5)14-9-7-6-8-10-14/h6-10H,11-13H2,1-5H3,(H,20,23). The molecule has 5 heteroatoms. The first-order chi connectivity index (χ1) is 11.2. The van der Waals surface area contributed by atoms with Crippen LogP contribution in [-0.4, -0.2) is 22.6 Å². The van der Waals surface area contributed by atoms with Gasteiger partial charge in [0.15, 0.2) is 5.82 Å². The van der Waals surface area contributed by atoms with Gasteiger partial charge in [0.05, 0.1) is 0 Å². The number of aromatic nitrogens is 2. The summed E-state index contributed by atoms with van der Waals surface area (Å²) in [6.07, 6.45) is 1.01. The van der Waals surface area contributed by atoms with E-state index in [4.69, 9.17) is 4.52 Å². The Morgan fingerprint density at radius 3 is 2.38 bits per heavy atom. The van der Waals surface area contributed by atoms with Gasteiger partial charge in [-0.05, 0) is 11.0 Å². The highest BCUT2D eigenvalue weighted by Crippen LogP contribution is 2.26. The number of carbonyl (C=O) groups is 1. The molecular formula is C19H27N3O2. The van der Waals surface area contributed by atoms with Crippen molar-refractivity contribution in [3.63, 3.8) is 0 Å². The largest absolute Gasteiger partial charge is 0.356 e.